The minimum atomic E-state index is -0.195. The van der Waals surface area contributed by atoms with Crippen molar-refractivity contribution in [3.63, 3.8) is 0 Å². The molecule has 1 fully saturated rings. The van der Waals surface area contributed by atoms with Gasteiger partial charge in [0, 0.05) is 49.5 Å². The van der Waals surface area contributed by atoms with Gasteiger partial charge in [-0.1, -0.05) is 20.8 Å². The largest absolute Gasteiger partial charge is 0.455 e. The van der Waals surface area contributed by atoms with E-state index in [9.17, 15) is 4.79 Å². The van der Waals surface area contributed by atoms with Crippen molar-refractivity contribution in [3.8, 4) is 11.5 Å². The number of ether oxygens (including phenoxy) is 1. The summed E-state index contributed by atoms with van der Waals surface area (Å²) < 4.78 is 10.1. The van der Waals surface area contributed by atoms with Gasteiger partial charge in [-0.25, -0.2) is 9.97 Å². The summed E-state index contributed by atoms with van der Waals surface area (Å²) >= 11 is 0. The molecule has 4 heterocycles. The fraction of sp³-hybridized carbons (Fsp3) is 0.400. The number of anilines is 3. The van der Waals surface area contributed by atoms with E-state index in [1.54, 1.807) is 24.5 Å². The van der Waals surface area contributed by atoms with Gasteiger partial charge in [-0.2, -0.15) is 10.1 Å². The zero-order chi connectivity index (χ0) is 24.7. The van der Waals surface area contributed by atoms with Crippen LogP contribution in [0.1, 0.15) is 58.7 Å². The Morgan fingerprint density at radius 1 is 1.11 bits per heavy atom. The molecule has 0 spiro atoms. The average Bonchev–Trinajstić information content (AvgIpc) is 3.28. The van der Waals surface area contributed by atoms with Gasteiger partial charge in [0.2, 0.25) is 11.9 Å². The lowest BCUT2D eigenvalue weighted by atomic mass is 9.88. The third-order valence-corrected chi connectivity index (χ3v) is 6.15. The molecule has 0 saturated heterocycles. The molecule has 10 heteroatoms. The molecule has 2 N–H and O–H groups in total. The van der Waals surface area contributed by atoms with Crippen molar-refractivity contribution in [2.75, 3.05) is 10.6 Å². The van der Waals surface area contributed by atoms with Crippen LogP contribution < -0.4 is 15.4 Å². The van der Waals surface area contributed by atoms with Crippen LogP contribution in [-0.2, 0) is 17.3 Å². The van der Waals surface area contributed by atoms with Gasteiger partial charge < -0.3 is 19.9 Å². The van der Waals surface area contributed by atoms with Crippen LogP contribution in [0.15, 0.2) is 36.7 Å². The topological polar surface area (TPSA) is 112 Å². The first kappa shape index (κ1) is 22.8. The van der Waals surface area contributed by atoms with Crippen LogP contribution in [0, 0.1) is 0 Å². The van der Waals surface area contributed by atoms with Crippen molar-refractivity contribution < 1.29 is 9.53 Å². The van der Waals surface area contributed by atoms with Gasteiger partial charge in [-0.3, -0.25) is 9.48 Å². The third-order valence-electron chi connectivity index (χ3n) is 6.15. The van der Waals surface area contributed by atoms with Crippen LogP contribution >= 0.6 is 0 Å². The minimum absolute atomic E-state index is 0.00454. The lowest BCUT2D eigenvalue weighted by Crippen LogP contribution is -2.25. The van der Waals surface area contributed by atoms with Gasteiger partial charge in [0.05, 0.1) is 17.8 Å². The summed E-state index contributed by atoms with van der Waals surface area (Å²) in [5, 5.41) is 10.9. The lowest BCUT2D eigenvalue weighted by molar-refractivity contribution is -0.114. The van der Waals surface area contributed by atoms with Gasteiger partial charge in [0.25, 0.3) is 0 Å². The molecule has 0 bridgehead atoms. The van der Waals surface area contributed by atoms with E-state index in [0.29, 0.717) is 35.0 Å². The molecule has 35 heavy (non-hydrogen) atoms. The van der Waals surface area contributed by atoms with Crippen molar-refractivity contribution in [2.24, 2.45) is 7.05 Å². The maximum absolute atomic E-state index is 11.3. The van der Waals surface area contributed by atoms with Gasteiger partial charge in [-0.05, 0) is 25.3 Å². The van der Waals surface area contributed by atoms with Crippen LogP contribution in [0.4, 0.5) is 17.6 Å². The third kappa shape index (κ3) is 4.68. The predicted molar refractivity (Wildman–Crippen MR) is 134 cm³/mol. The van der Waals surface area contributed by atoms with Crippen molar-refractivity contribution in [3.05, 3.63) is 42.4 Å². The molecule has 1 aliphatic carbocycles. The number of carbonyl (C=O) groups excluding carboxylic acids is 1. The summed E-state index contributed by atoms with van der Waals surface area (Å²) in [6.07, 6.45) is 6.81. The number of fused-ring (bicyclic) bond motifs is 1. The van der Waals surface area contributed by atoms with Gasteiger partial charge in [0.15, 0.2) is 11.5 Å². The van der Waals surface area contributed by atoms with Gasteiger partial charge in [0.1, 0.15) is 17.3 Å². The summed E-state index contributed by atoms with van der Waals surface area (Å²) in [6, 6.07) is 7.85. The van der Waals surface area contributed by atoms with Crippen molar-refractivity contribution in [2.45, 2.75) is 58.4 Å². The van der Waals surface area contributed by atoms with Crippen LogP contribution in [0.25, 0.3) is 11.2 Å². The summed E-state index contributed by atoms with van der Waals surface area (Å²) in [6.45, 7) is 8.07. The van der Waals surface area contributed by atoms with Gasteiger partial charge in [-0.15, -0.1) is 0 Å². The number of aromatic nitrogens is 6. The number of amides is 1. The fourth-order valence-electron chi connectivity index (χ4n) is 4.12. The SMILES string of the molecule is CC(=O)Nc1cc(Oc2cnc3nc(Nc4cc(C(C)(C)C)n(C5CCC5)n4)n(C)c3c2)ccn1. The smallest absolute Gasteiger partial charge is 0.222 e. The van der Waals surface area contributed by atoms with E-state index in [4.69, 9.17) is 9.84 Å². The molecule has 1 saturated carbocycles. The van der Waals surface area contributed by atoms with E-state index in [1.807, 2.05) is 17.7 Å². The monoisotopic (exact) mass is 474 g/mol. The molecule has 4 aromatic heterocycles. The summed E-state index contributed by atoms with van der Waals surface area (Å²) in [7, 11) is 1.93. The second-order valence-electron chi connectivity index (χ2n) is 9.99. The second-order valence-corrected chi connectivity index (χ2v) is 9.99. The molecule has 0 aliphatic heterocycles. The summed E-state index contributed by atoms with van der Waals surface area (Å²) in [5.74, 6) is 2.75. The Hall–Kier alpha value is -3.95. The Bertz CT molecular complexity index is 1390. The van der Waals surface area contributed by atoms with Crippen molar-refractivity contribution >= 4 is 34.7 Å². The van der Waals surface area contributed by atoms with E-state index in [1.165, 1.54) is 31.9 Å². The zero-order valence-corrected chi connectivity index (χ0v) is 20.7. The number of imidazole rings is 1. The Labute approximate surface area is 203 Å². The molecule has 4 aromatic rings. The van der Waals surface area contributed by atoms with Crippen molar-refractivity contribution in [1.82, 2.24) is 29.3 Å². The summed E-state index contributed by atoms with van der Waals surface area (Å²) in [4.78, 5) is 24.5. The first-order chi connectivity index (χ1) is 16.7. The van der Waals surface area contributed by atoms with Gasteiger partial charge >= 0.3 is 0 Å². The minimum Gasteiger partial charge on any atom is -0.455 e. The van der Waals surface area contributed by atoms with E-state index in [-0.39, 0.29) is 11.3 Å². The first-order valence-corrected chi connectivity index (χ1v) is 11.8. The zero-order valence-electron chi connectivity index (χ0n) is 20.7. The highest BCUT2D eigenvalue weighted by molar-refractivity contribution is 5.87. The highest BCUT2D eigenvalue weighted by Crippen LogP contribution is 2.37. The molecule has 10 nitrogen and oxygen atoms in total. The number of nitrogens with one attached hydrogen (secondary N) is 2. The highest BCUT2D eigenvalue weighted by atomic mass is 16.5. The lowest BCUT2D eigenvalue weighted by Gasteiger charge is -2.31. The molecule has 5 rings (SSSR count). The van der Waals surface area contributed by atoms with E-state index in [2.05, 4.69) is 57.1 Å². The molecule has 0 atom stereocenters. The number of carbonyl (C=O) groups is 1. The fourth-order valence-corrected chi connectivity index (χ4v) is 4.12. The Morgan fingerprint density at radius 3 is 2.60 bits per heavy atom. The van der Waals surface area contributed by atoms with Crippen LogP contribution in [0.5, 0.6) is 11.5 Å². The molecule has 1 amide bonds. The normalized spacial score (nSPS) is 14.1. The number of hydrogen-bond donors (Lipinski definition) is 2. The van der Waals surface area contributed by atoms with Crippen molar-refractivity contribution in [1.29, 1.82) is 0 Å². The first-order valence-electron chi connectivity index (χ1n) is 11.8. The molecule has 0 unspecified atom stereocenters. The van der Waals surface area contributed by atoms with Crippen LogP contribution in [-0.4, -0.2) is 35.2 Å². The maximum atomic E-state index is 11.3. The number of pyridine rings is 2. The Kier molecular flexibility index (Phi) is 5.66. The quantitative estimate of drug-likeness (QED) is 0.401. The molecular weight excluding hydrogens is 444 g/mol. The van der Waals surface area contributed by atoms with E-state index < -0.39 is 0 Å². The predicted octanol–water partition coefficient (Wildman–Crippen LogP) is 5.08. The maximum Gasteiger partial charge on any atom is 0.222 e. The number of aryl methyl sites for hydroxylation is 1. The molecule has 182 valence electrons. The average molecular weight is 475 g/mol. The molecule has 1 aliphatic rings. The molecule has 0 aromatic carbocycles. The van der Waals surface area contributed by atoms with Crippen LogP contribution in [0.3, 0.4) is 0 Å². The molecule has 0 radical (unpaired) electrons. The standard InChI is InChI=1S/C25H30N8O2/c1-15(34)28-21-12-17(9-10-26-21)35-18-11-19-23(27-14-18)30-24(32(19)5)29-22-13-20(25(2,3)4)33(31-22)16-7-6-8-16/h9-14,16H,6-8H2,1-5H3,(H,26,28,34)(H,27,29,30,31). The van der Waals surface area contributed by atoms with Crippen LogP contribution in [0.2, 0.25) is 0 Å². The Morgan fingerprint density at radius 2 is 1.91 bits per heavy atom. The summed E-state index contributed by atoms with van der Waals surface area (Å²) in [5.41, 5.74) is 2.63. The second kappa shape index (κ2) is 8.68. The highest BCUT2D eigenvalue weighted by Gasteiger charge is 2.29. The van der Waals surface area contributed by atoms with E-state index >= 15 is 0 Å². The van der Waals surface area contributed by atoms with E-state index in [0.717, 1.165) is 11.3 Å². The Balaban J connectivity index is 1.40. The number of hydrogen-bond acceptors (Lipinski definition) is 7. The molecular formula is C25H30N8O2. The number of rotatable bonds is 6. The number of nitrogens with zero attached hydrogens (tertiary/aromatic N) is 6.